The molecule has 0 radical (unpaired) electrons. The van der Waals surface area contributed by atoms with Gasteiger partial charge in [-0.25, -0.2) is 4.98 Å². The molecule has 3 heteroatoms. The Bertz CT molecular complexity index is 593. The molecule has 114 valence electrons. The fraction of sp³-hybridized carbons (Fsp3) is 0.500. The van der Waals surface area contributed by atoms with Crippen molar-refractivity contribution >= 4 is 16.7 Å². The summed E-state index contributed by atoms with van der Waals surface area (Å²) in [6, 6.07) is 8.38. The third-order valence-electron chi connectivity index (χ3n) is 3.45. The number of hydrogen-bond donors (Lipinski definition) is 1. The Hall–Kier alpha value is -1.77. The number of pyridine rings is 1. The molecule has 0 aliphatic rings. The quantitative estimate of drug-likeness (QED) is 0.780. The Morgan fingerprint density at radius 2 is 1.95 bits per heavy atom. The standard InChI is InChI=1S/C18H26N2O/c1-5-9-19-18-16(13(3)4)12-14-11-15(21-10-6-2)7-8-17(14)20-18/h7-8,11-13H,5-6,9-10H2,1-4H3,(H,19,20). The molecule has 0 fully saturated rings. The van der Waals surface area contributed by atoms with Crippen LogP contribution in [-0.2, 0) is 0 Å². The normalized spacial score (nSPS) is 11.1. The number of benzene rings is 1. The zero-order valence-corrected chi connectivity index (χ0v) is 13.6. The van der Waals surface area contributed by atoms with Gasteiger partial charge in [-0.3, -0.25) is 0 Å². The van der Waals surface area contributed by atoms with Crippen molar-refractivity contribution in [1.82, 2.24) is 4.98 Å². The fourth-order valence-corrected chi connectivity index (χ4v) is 2.31. The van der Waals surface area contributed by atoms with Crippen molar-refractivity contribution in [3.05, 3.63) is 29.8 Å². The molecule has 1 N–H and O–H groups in total. The molecule has 0 atom stereocenters. The molecule has 2 rings (SSSR count). The van der Waals surface area contributed by atoms with Crippen molar-refractivity contribution < 1.29 is 4.74 Å². The summed E-state index contributed by atoms with van der Waals surface area (Å²) in [4.78, 5) is 4.79. The summed E-state index contributed by atoms with van der Waals surface area (Å²) in [6.45, 7) is 10.4. The van der Waals surface area contributed by atoms with E-state index in [0.717, 1.165) is 48.5 Å². The Balaban J connectivity index is 2.40. The SMILES string of the molecule is CCCNc1nc2ccc(OCCC)cc2cc1C(C)C. The third kappa shape index (κ3) is 3.87. The first-order chi connectivity index (χ1) is 10.2. The van der Waals surface area contributed by atoms with Crippen LogP contribution < -0.4 is 10.1 Å². The van der Waals surface area contributed by atoms with E-state index in [4.69, 9.17) is 9.72 Å². The molecule has 0 saturated carbocycles. The van der Waals surface area contributed by atoms with Crippen LogP contribution in [0.15, 0.2) is 24.3 Å². The molecule has 0 bridgehead atoms. The van der Waals surface area contributed by atoms with E-state index in [1.54, 1.807) is 0 Å². The maximum Gasteiger partial charge on any atom is 0.130 e. The molecule has 0 spiro atoms. The number of nitrogens with one attached hydrogen (secondary N) is 1. The number of rotatable bonds is 7. The molecule has 0 aliphatic carbocycles. The van der Waals surface area contributed by atoms with Gasteiger partial charge in [0.1, 0.15) is 11.6 Å². The first kappa shape index (κ1) is 15.6. The molecule has 1 aromatic heterocycles. The van der Waals surface area contributed by atoms with Crippen molar-refractivity contribution in [2.75, 3.05) is 18.5 Å². The third-order valence-corrected chi connectivity index (χ3v) is 3.45. The molecule has 1 heterocycles. The molecular weight excluding hydrogens is 260 g/mol. The van der Waals surface area contributed by atoms with Crippen molar-refractivity contribution in [3.63, 3.8) is 0 Å². The molecule has 1 aromatic carbocycles. The second-order valence-corrected chi connectivity index (χ2v) is 5.71. The van der Waals surface area contributed by atoms with Gasteiger partial charge in [-0.1, -0.05) is 27.7 Å². The van der Waals surface area contributed by atoms with Gasteiger partial charge in [0.25, 0.3) is 0 Å². The van der Waals surface area contributed by atoms with Gasteiger partial charge in [0, 0.05) is 11.9 Å². The highest BCUT2D eigenvalue weighted by Crippen LogP contribution is 2.29. The highest BCUT2D eigenvalue weighted by molar-refractivity contribution is 5.83. The van der Waals surface area contributed by atoms with Gasteiger partial charge in [0.15, 0.2) is 0 Å². The van der Waals surface area contributed by atoms with Crippen LogP contribution >= 0.6 is 0 Å². The van der Waals surface area contributed by atoms with Crippen LogP contribution in [0.1, 0.15) is 52.0 Å². The van der Waals surface area contributed by atoms with Crippen molar-refractivity contribution in [3.8, 4) is 5.75 Å². The van der Waals surface area contributed by atoms with Gasteiger partial charge < -0.3 is 10.1 Å². The van der Waals surface area contributed by atoms with Crippen LogP contribution in [0.2, 0.25) is 0 Å². The average Bonchev–Trinajstić information content (AvgIpc) is 2.49. The van der Waals surface area contributed by atoms with E-state index in [1.807, 2.05) is 12.1 Å². The Morgan fingerprint density at radius 1 is 1.14 bits per heavy atom. The van der Waals surface area contributed by atoms with Gasteiger partial charge in [0.2, 0.25) is 0 Å². The first-order valence-electron chi connectivity index (χ1n) is 7.97. The highest BCUT2D eigenvalue weighted by atomic mass is 16.5. The number of ether oxygens (including phenoxy) is 1. The smallest absolute Gasteiger partial charge is 0.130 e. The second-order valence-electron chi connectivity index (χ2n) is 5.71. The minimum absolute atomic E-state index is 0.446. The van der Waals surface area contributed by atoms with Crippen LogP contribution in [-0.4, -0.2) is 18.1 Å². The largest absolute Gasteiger partial charge is 0.494 e. The Kier molecular flexibility index (Phi) is 5.43. The molecule has 3 nitrogen and oxygen atoms in total. The van der Waals surface area contributed by atoms with E-state index in [9.17, 15) is 0 Å². The van der Waals surface area contributed by atoms with Crippen molar-refractivity contribution in [1.29, 1.82) is 0 Å². The summed E-state index contributed by atoms with van der Waals surface area (Å²) in [7, 11) is 0. The molecule has 0 unspecified atom stereocenters. The Morgan fingerprint density at radius 3 is 2.62 bits per heavy atom. The number of nitrogens with zero attached hydrogens (tertiary/aromatic N) is 1. The first-order valence-corrected chi connectivity index (χ1v) is 7.97. The van der Waals surface area contributed by atoms with Gasteiger partial charge in [-0.2, -0.15) is 0 Å². The molecule has 0 saturated heterocycles. The lowest BCUT2D eigenvalue weighted by Crippen LogP contribution is -2.06. The van der Waals surface area contributed by atoms with Gasteiger partial charge >= 0.3 is 0 Å². The monoisotopic (exact) mass is 286 g/mol. The predicted octanol–water partition coefficient (Wildman–Crippen LogP) is 4.97. The van der Waals surface area contributed by atoms with E-state index >= 15 is 0 Å². The summed E-state index contributed by atoms with van der Waals surface area (Å²) < 4.78 is 5.72. The zero-order valence-electron chi connectivity index (χ0n) is 13.6. The van der Waals surface area contributed by atoms with E-state index in [2.05, 4.69) is 45.1 Å². The summed E-state index contributed by atoms with van der Waals surface area (Å²) in [6.07, 6.45) is 2.12. The van der Waals surface area contributed by atoms with Crippen LogP contribution in [0.3, 0.4) is 0 Å². The van der Waals surface area contributed by atoms with Gasteiger partial charge in [-0.15, -0.1) is 0 Å². The zero-order chi connectivity index (χ0) is 15.2. The topological polar surface area (TPSA) is 34.2 Å². The van der Waals surface area contributed by atoms with E-state index in [0.29, 0.717) is 5.92 Å². The van der Waals surface area contributed by atoms with Crippen LogP contribution in [0.5, 0.6) is 5.75 Å². The van der Waals surface area contributed by atoms with E-state index < -0.39 is 0 Å². The summed E-state index contributed by atoms with van der Waals surface area (Å²) >= 11 is 0. The van der Waals surface area contributed by atoms with Crippen LogP contribution in [0.25, 0.3) is 10.9 Å². The van der Waals surface area contributed by atoms with Crippen molar-refractivity contribution in [2.45, 2.75) is 46.5 Å². The molecular formula is C18H26N2O. The molecule has 0 amide bonds. The lowest BCUT2D eigenvalue weighted by molar-refractivity contribution is 0.318. The van der Waals surface area contributed by atoms with Gasteiger partial charge in [-0.05, 0) is 48.6 Å². The van der Waals surface area contributed by atoms with E-state index in [-0.39, 0.29) is 0 Å². The number of fused-ring (bicyclic) bond motifs is 1. The lowest BCUT2D eigenvalue weighted by atomic mass is 10.0. The highest BCUT2D eigenvalue weighted by Gasteiger charge is 2.10. The maximum atomic E-state index is 5.72. The molecule has 0 aliphatic heterocycles. The number of aromatic nitrogens is 1. The fourth-order valence-electron chi connectivity index (χ4n) is 2.31. The van der Waals surface area contributed by atoms with E-state index in [1.165, 1.54) is 5.56 Å². The second kappa shape index (κ2) is 7.30. The average molecular weight is 286 g/mol. The number of anilines is 1. The van der Waals surface area contributed by atoms with Crippen LogP contribution in [0, 0.1) is 0 Å². The number of hydrogen-bond acceptors (Lipinski definition) is 3. The van der Waals surface area contributed by atoms with Crippen molar-refractivity contribution in [2.24, 2.45) is 0 Å². The minimum Gasteiger partial charge on any atom is -0.494 e. The molecule has 2 aromatic rings. The van der Waals surface area contributed by atoms with Gasteiger partial charge in [0.05, 0.1) is 12.1 Å². The lowest BCUT2D eigenvalue weighted by Gasteiger charge is -2.15. The van der Waals surface area contributed by atoms with Crippen LogP contribution in [0.4, 0.5) is 5.82 Å². The summed E-state index contributed by atoms with van der Waals surface area (Å²) in [5.41, 5.74) is 2.28. The summed E-state index contributed by atoms with van der Waals surface area (Å²) in [5, 5.41) is 4.59. The summed E-state index contributed by atoms with van der Waals surface area (Å²) in [5.74, 6) is 2.39. The maximum absolute atomic E-state index is 5.72. The predicted molar refractivity (Wildman–Crippen MR) is 90.4 cm³/mol. The Labute approximate surface area is 127 Å². The molecule has 21 heavy (non-hydrogen) atoms. The minimum atomic E-state index is 0.446.